The highest BCUT2D eigenvalue weighted by Crippen LogP contribution is 2.13. The van der Waals surface area contributed by atoms with Crippen molar-refractivity contribution in [3.8, 4) is 5.75 Å². The predicted molar refractivity (Wildman–Crippen MR) is 68.5 cm³/mol. The maximum Gasteiger partial charge on any atom is 0.260 e. The van der Waals surface area contributed by atoms with Crippen molar-refractivity contribution in [1.82, 2.24) is 4.90 Å². The Morgan fingerprint density at radius 2 is 1.94 bits per heavy atom. The molecule has 2 rings (SSSR count). The van der Waals surface area contributed by atoms with Gasteiger partial charge in [0.05, 0.1) is 6.10 Å². The Morgan fingerprint density at radius 3 is 2.56 bits per heavy atom. The van der Waals surface area contributed by atoms with Gasteiger partial charge in [0.15, 0.2) is 6.61 Å². The summed E-state index contributed by atoms with van der Waals surface area (Å²) in [7, 11) is 0. The van der Waals surface area contributed by atoms with E-state index < -0.39 is 0 Å². The third kappa shape index (κ3) is 3.47. The smallest absolute Gasteiger partial charge is 0.260 e. The molecule has 0 atom stereocenters. The van der Waals surface area contributed by atoms with Crippen molar-refractivity contribution in [2.24, 2.45) is 0 Å². The summed E-state index contributed by atoms with van der Waals surface area (Å²) in [5.41, 5.74) is 1.17. The Balaban J connectivity index is 1.79. The van der Waals surface area contributed by atoms with Crippen molar-refractivity contribution in [2.45, 2.75) is 25.9 Å². The fourth-order valence-electron chi connectivity index (χ4n) is 1.99. The summed E-state index contributed by atoms with van der Waals surface area (Å²) in [4.78, 5) is 13.6. The number of aryl methyl sites for hydroxylation is 1. The first-order chi connectivity index (χ1) is 8.65. The number of hydrogen-bond donors (Lipinski definition) is 1. The van der Waals surface area contributed by atoms with Crippen molar-refractivity contribution in [3.63, 3.8) is 0 Å². The maximum atomic E-state index is 11.9. The molecule has 1 aromatic rings. The topological polar surface area (TPSA) is 49.8 Å². The first-order valence-corrected chi connectivity index (χ1v) is 6.30. The molecule has 4 heteroatoms. The van der Waals surface area contributed by atoms with Crippen molar-refractivity contribution in [1.29, 1.82) is 0 Å². The Morgan fingerprint density at radius 1 is 1.33 bits per heavy atom. The Bertz CT molecular complexity index is 394. The molecule has 1 aromatic carbocycles. The van der Waals surface area contributed by atoms with Crippen LogP contribution in [0.15, 0.2) is 24.3 Å². The van der Waals surface area contributed by atoms with E-state index in [1.54, 1.807) is 4.90 Å². The lowest BCUT2D eigenvalue weighted by Gasteiger charge is -2.29. The van der Waals surface area contributed by atoms with Gasteiger partial charge in [0.1, 0.15) is 5.75 Å². The molecule has 0 saturated carbocycles. The number of aliphatic hydroxyl groups excluding tert-OH is 1. The summed E-state index contributed by atoms with van der Waals surface area (Å²) in [6.07, 6.45) is 1.07. The molecule has 0 unspecified atom stereocenters. The summed E-state index contributed by atoms with van der Waals surface area (Å²) in [6.45, 7) is 3.32. The van der Waals surface area contributed by atoms with Crippen molar-refractivity contribution < 1.29 is 14.6 Å². The molecule has 1 saturated heterocycles. The maximum absolute atomic E-state index is 11.9. The minimum absolute atomic E-state index is 0.0116. The van der Waals surface area contributed by atoms with Gasteiger partial charge in [-0.3, -0.25) is 4.79 Å². The summed E-state index contributed by atoms with van der Waals surface area (Å²) in [5.74, 6) is 0.702. The molecule has 1 fully saturated rings. The summed E-state index contributed by atoms with van der Waals surface area (Å²) >= 11 is 0. The number of carbonyl (C=O) groups excluding carboxylic acids is 1. The third-order valence-electron chi connectivity index (χ3n) is 3.20. The van der Waals surface area contributed by atoms with Gasteiger partial charge >= 0.3 is 0 Å². The van der Waals surface area contributed by atoms with E-state index in [2.05, 4.69) is 0 Å². The van der Waals surface area contributed by atoms with Gasteiger partial charge in [-0.2, -0.15) is 0 Å². The van der Waals surface area contributed by atoms with Gasteiger partial charge in [-0.15, -0.1) is 0 Å². The highest BCUT2D eigenvalue weighted by Gasteiger charge is 2.21. The van der Waals surface area contributed by atoms with Crippen molar-refractivity contribution in [3.05, 3.63) is 29.8 Å². The molecular weight excluding hydrogens is 230 g/mol. The van der Waals surface area contributed by atoms with Crippen LogP contribution in [0.4, 0.5) is 0 Å². The van der Waals surface area contributed by atoms with Gasteiger partial charge in [0.2, 0.25) is 0 Å². The molecule has 0 radical (unpaired) electrons. The molecule has 1 N–H and O–H groups in total. The Hall–Kier alpha value is -1.55. The molecular formula is C14H19NO3. The average Bonchev–Trinajstić information content (AvgIpc) is 2.38. The lowest BCUT2D eigenvalue weighted by atomic mass is 10.1. The zero-order valence-electron chi connectivity index (χ0n) is 10.6. The molecule has 0 aliphatic carbocycles. The second-order valence-electron chi connectivity index (χ2n) is 4.71. The van der Waals surface area contributed by atoms with Crippen LogP contribution in [0.3, 0.4) is 0 Å². The van der Waals surface area contributed by atoms with E-state index in [4.69, 9.17) is 4.74 Å². The molecule has 1 amide bonds. The van der Waals surface area contributed by atoms with Crippen molar-refractivity contribution in [2.75, 3.05) is 19.7 Å². The van der Waals surface area contributed by atoms with Crippen LogP contribution in [0.2, 0.25) is 0 Å². The van der Waals surface area contributed by atoms with Crippen LogP contribution in [0, 0.1) is 6.92 Å². The lowest BCUT2D eigenvalue weighted by molar-refractivity contribution is -0.135. The summed E-state index contributed by atoms with van der Waals surface area (Å²) in [5, 5.41) is 9.37. The van der Waals surface area contributed by atoms with Gasteiger partial charge in [0.25, 0.3) is 5.91 Å². The van der Waals surface area contributed by atoms with E-state index >= 15 is 0 Å². The van der Waals surface area contributed by atoms with E-state index in [9.17, 15) is 9.90 Å². The highest BCUT2D eigenvalue weighted by atomic mass is 16.5. The number of aliphatic hydroxyl groups is 1. The number of piperidine rings is 1. The standard InChI is InChI=1S/C14H19NO3/c1-11-2-4-13(5-3-11)18-10-14(17)15-8-6-12(16)7-9-15/h2-5,12,16H,6-10H2,1H3. The largest absolute Gasteiger partial charge is 0.484 e. The minimum Gasteiger partial charge on any atom is -0.484 e. The Kier molecular flexibility index (Phi) is 4.20. The fourth-order valence-corrected chi connectivity index (χ4v) is 1.99. The molecule has 1 aliphatic heterocycles. The number of rotatable bonds is 3. The number of nitrogens with zero attached hydrogens (tertiary/aromatic N) is 1. The molecule has 18 heavy (non-hydrogen) atoms. The molecule has 0 aromatic heterocycles. The van der Waals surface area contributed by atoms with Crippen LogP contribution in [0.1, 0.15) is 18.4 Å². The zero-order chi connectivity index (χ0) is 13.0. The van der Waals surface area contributed by atoms with Gasteiger partial charge in [-0.05, 0) is 31.9 Å². The van der Waals surface area contributed by atoms with Gasteiger partial charge < -0.3 is 14.7 Å². The molecule has 98 valence electrons. The van der Waals surface area contributed by atoms with Gasteiger partial charge in [-0.1, -0.05) is 17.7 Å². The number of benzene rings is 1. The predicted octanol–water partition coefficient (Wildman–Crippen LogP) is 1.36. The highest BCUT2D eigenvalue weighted by molar-refractivity contribution is 5.77. The van der Waals surface area contributed by atoms with E-state index in [0.29, 0.717) is 31.7 Å². The second-order valence-corrected chi connectivity index (χ2v) is 4.71. The van der Waals surface area contributed by atoms with Crippen LogP contribution in [-0.2, 0) is 4.79 Å². The molecule has 1 heterocycles. The normalized spacial score (nSPS) is 16.7. The van der Waals surface area contributed by atoms with Gasteiger partial charge in [-0.25, -0.2) is 0 Å². The number of likely N-dealkylation sites (tertiary alicyclic amines) is 1. The van der Waals surface area contributed by atoms with E-state index in [-0.39, 0.29) is 18.6 Å². The molecule has 1 aliphatic rings. The molecule has 0 spiro atoms. The van der Waals surface area contributed by atoms with Crippen LogP contribution in [-0.4, -0.2) is 41.7 Å². The van der Waals surface area contributed by atoms with Crippen LogP contribution < -0.4 is 4.74 Å². The number of amides is 1. The first-order valence-electron chi connectivity index (χ1n) is 6.30. The zero-order valence-corrected chi connectivity index (χ0v) is 10.6. The Labute approximate surface area is 107 Å². The number of carbonyl (C=O) groups is 1. The van der Waals surface area contributed by atoms with Crippen LogP contribution >= 0.6 is 0 Å². The van der Waals surface area contributed by atoms with E-state index in [1.165, 1.54) is 5.56 Å². The SMILES string of the molecule is Cc1ccc(OCC(=O)N2CCC(O)CC2)cc1. The quantitative estimate of drug-likeness (QED) is 0.880. The number of ether oxygens (including phenoxy) is 1. The summed E-state index contributed by atoms with van der Waals surface area (Å²) in [6, 6.07) is 7.64. The summed E-state index contributed by atoms with van der Waals surface area (Å²) < 4.78 is 5.45. The van der Waals surface area contributed by atoms with Crippen LogP contribution in [0.25, 0.3) is 0 Å². The van der Waals surface area contributed by atoms with Crippen LogP contribution in [0.5, 0.6) is 5.75 Å². The third-order valence-corrected chi connectivity index (χ3v) is 3.20. The second kappa shape index (κ2) is 5.87. The monoisotopic (exact) mass is 249 g/mol. The fraction of sp³-hybridized carbons (Fsp3) is 0.500. The average molecular weight is 249 g/mol. The molecule has 0 bridgehead atoms. The van der Waals surface area contributed by atoms with E-state index in [1.807, 2.05) is 31.2 Å². The molecule has 4 nitrogen and oxygen atoms in total. The van der Waals surface area contributed by atoms with Crippen molar-refractivity contribution >= 4 is 5.91 Å². The lowest BCUT2D eigenvalue weighted by Crippen LogP contribution is -2.42. The first kappa shape index (κ1) is 12.9. The minimum atomic E-state index is -0.257. The van der Waals surface area contributed by atoms with Gasteiger partial charge in [0, 0.05) is 13.1 Å². The number of hydrogen-bond acceptors (Lipinski definition) is 3. The van der Waals surface area contributed by atoms with E-state index in [0.717, 1.165) is 0 Å².